The molecule has 2 unspecified atom stereocenters. The number of methoxy groups -OCH3 is 2. The summed E-state index contributed by atoms with van der Waals surface area (Å²) in [6.07, 6.45) is -7.38. The molecule has 0 bridgehead atoms. The number of hydrogen-bond donors (Lipinski definition) is 4. The molecule has 3 saturated heterocycles. The summed E-state index contributed by atoms with van der Waals surface area (Å²) in [5.74, 6) is -4.81. The van der Waals surface area contributed by atoms with Crippen LogP contribution in [-0.4, -0.2) is 114 Å². The van der Waals surface area contributed by atoms with Crippen molar-refractivity contribution in [3.8, 4) is 23.0 Å². The average Bonchev–Trinajstić information content (AvgIpc) is 3.75. The van der Waals surface area contributed by atoms with Gasteiger partial charge >= 0.3 is 0 Å². The van der Waals surface area contributed by atoms with Crippen LogP contribution in [0.3, 0.4) is 0 Å². The van der Waals surface area contributed by atoms with Crippen molar-refractivity contribution in [3.05, 3.63) is 48.3 Å². The molecule has 0 spiro atoms. The lowest BCUT2D eigenvalue weighted by molar-refractivity contribution is 0.0632. The van der Waals surface area contributed by atoms with Gasteiger partial charge in [0.15, 0.2) is 23.0 Å². The largest absolute Gasteiger partial charge is 0.493 e. The van der Waals surface area contributed by atoms with Gasteiger partial charge in [-0.3, -0.25) is 4.90 Å². The van der Waals surface area contributed by atoms with Crippen LogP contribution in [0.4, 0.5) is 0 Å². The molecule has 4 N–H and O–H groups in total. The van der Waals surface area contributed by atoms with Gasteiger partial charge in [0, 0.05) is 83.1 Å². The number of β-amino-alcohol motifs (C(OH)–C–C–N with tert-alkyl or cyclic N) is 1. The first-order valence-corrected chi connectivity index (χ1v) is 9.44. The van der Waals surface area contributed by atoms with Crippen LogP contribution in [0.15, 0.2) is 48.3 Å². The van der Waals surface area contributed by atoms with Gasteiger partial charge in [-0.15, -0.1) is 0 Å². The Kier molecular flexibility index (Phi) is 3.28. The molecule has 2 aromatic rings. The number of nitrogens with one attached hydrogen (secondary N) is 3. The Morgan fingerprint density at radius 1 is 0.974 bits per heavy atom. The first-order chi connectivity index (χ1) is 33.9. The molecule has 3 fully saturated rings. The number of benzene rings is 2. The van der Waals surface area contributed by atoms with Crippen molar-refractivity contribution in [2.75, 3.05) is 92.2 Å². The van der Waals surface area contributed by atoms with Crippen molar-refractivity contribution in [1.82, 2.24) is 20.9 Å². The minimum Gasteiger partial charge on any atom is -0.493 e. The minimum atomic E-state index is -4.57. The van der Waals surface area contributed by atoms with Gasteiger partial charge in [0.2, 0.25) is 0 Å². The second-order valence-corrected chi connectivity index (χ2v) is 5.61. The molecule has 38 heavy (non-hydrogen) atoms. The molecule has 3 aliphatic heterocycles. The van der Waals surface area contributed by atoms with E-state index in [4.69, 9.17) is 64.3 Å². The summed E-state index contributed by atoms with van der Waals surface area (Å²) in [4.78, 5) is -0.877. The molecule has 0 radical (unpaired) electrons. The number of hydrogen-bond acceptors (Lipinski definition) is 10. The van der Waals surface area contributed by atoms with Crippen molar-refractivity contribution < 1.29 is 83.6 Å². The van der Waals surface area contributed by atoms with Gasteiger partial charge in [-0.05, 0) is 24.2 Å². The standard InChI is InChI=1S/C14H22N2O3.C10H12O3.C4H10N2/c1-18-13-4-2-3-5-14(13)19-11-12(17)10-16-8-6-15-7-9-16;1-11-9-4-2-3-5-10(9)13-7-8-6-12-8;1-2-6-4-3-5-1/h2-5,12,15,17H,6-11H2,1H3;2-5,8H,6-7H2,1H3;5-6H,1-4H2/i1D3,2D,3D,4D,5D,6D2,7D2,8D2,9D2,10D2,11D2,12D;1D3,2D,3D,4D,5D,6D2,7D2,8D;1D2,2D2,3D2,4D2. The van der Waals surface area contributed by atoms with Crippen LogP contribution in [0.25, 0.3) is 0 Å². The van der Waals surface area contributed by atoms with Crippen LogP contribution >= 0.6 is 0 Å². The Labute approximate surface area is 282 Å². The fourth-order valence-electron chi connectivity index (χ4n) is 1.73. The summed E-state index contributed by atoms with van der Waals surface area (Å²) in [5, 5.41) is 15.5. The number of ether oxygens (including phenoxy) is 5. The van der Waals surface area contributed by atoms with Crippen LogP contribution in [0.1, 0.15) is 54.8 Å². The molecule has 5 rings (SSSR count). The summed E-state index contributed by atoms with van der Waals surface area (Å²) in [6, 6.07) is -8.31. The number of aliphatic hydroxyl groups is 1. The Morgan fingerprint density at radius 2 is 1.47 bits per heavy atom. The molecule has 0 saturated carbocycles. The second-order valence-electron chi connectivity index (χ2n) is 5.61. The number of rotatable bonds is 10. The second kappa shape index (κ2) is 17.8. The van der Waals surface area contributed by atoms with E-state index >= 15 is 0 Å². The molecular formula is C28H44N4O6. The van der Waals surface area contributed by atoms with Crippen molar-refractivity contribution in [2.24, 2.45) is 0 Å². The van der Waals surface area contributed by atoms with Gasteiger partial charge in [0.25, 0.3) is 0 Å². The molecule has 10 nitrogen and oxygen atoms in total. The Bertz CT molecular complexity index is 2530. The lowest BCUT2D eigenvalue weighted by atomic mass is 10.3. The Balaban J connectivity index is 0.000000347. The third kappa shape index (κ3) is 11.8. The number of nitrogens with zero attached hydrogens (tertiary/aromatic N) is 1. The zero-order chi connectivity index (χ0) is 62.2. The van der Waals surface area contributed by atoms with Crippen LogP contribution in [0.5, 0.6) is 23.0 Å². The highest BCUT2D eigenvalue weighted by molar-refractivity contribution is 5.40. The summed E-state index contributed by atoms with van der Waals surface area (Å²) >= 11 is 0. The zero-order valence-electron chi connectivity index (χ0n) is 58.4. The third-order valence-electron chi connectivity index (χ3n) is 3.20. The molecule has 3 heterocycles. The van der Waals surface area contributed by atoms with E-state index in [1.165, 1.54) is 5.32 Å². The normalized spacial score (nSPS) is 51.4. The highest BCUT2D eigenvalue weighted by atomic mass is 16.6. The quantitative estimate of drug-likeness (QED) is 0.308. The van der Waals surface area contributed by atoms with Crippen molar-refractivity contribution in [2.45, 2.75) is 12.2 Å². The smallest absolute Gasteiger partial charge is 0.161 e. The highest BCUT2D eigenvalue weighted by Crippen LogP contribution is 2.27. The Morgan fingerprint density at radius 3 is 2.00 bits per heavy atom. The number of piperazine rings is 2. The van der Waals surface area contributed by atoms with E-state index in [2.05, 4.69) is 14.2 Å². The van der Waals surface area contributed by atoms with Gasteiger partial charge < -0.3 is 44.7 Å². The van der Waals surface area contributed by atoms with Gasteiger partial charge in [0.05, 0.1) is 50.8 Å². The highest BCUT2D eigenvalue weighted by Gasteiger charge is 2.23. The van der Waals surface area contributed by atoms with Gasteiger partial charge in [-0.25, -0.2) is 0 Å². The molecule has 0 aromatic heterocycles. The molecule has 212 valence electrons. The monoisotopic (exact) mass is 573 g/mol. The Hall–Kier alpha value is -2.60. The number of epoxide rings is 1. The van der Waals surface area contributed by atoms with E-state index in [9.17, 15) is 5.11 Å². The molecule has 0 amide bonds. The van der Waals surface area contributed by atoms with Gasteiger partial charge in [0.1, 0.15) is 25.3 Å². The lowest BCUT2D eigenvalue weighted by Crippen LogP contribution is -2.47. The van der Waals surface area contributed by atoms with Crippen molar-refractivity contribution in [1.29, 1.82) is 0 Å². The van der Waals surface area contributed by atoms with E-state index < -0.39 is 181 Å². The van der Waals surface area contributed by atoms with Gasteiger partial charge in [-0.1, -0.05) is 24.2 Å². The third-order valence-corrected chi connectivity index (χ3v) is 3.20. The van der Waals surface area contributed by atoms with Crippen LogP contribution < -0.4 is 34.9 Å². The van der Waals surface area contributed by atoms with E-state index in [0.717, 1.165) is 0 Å². The maximum absolute atomic E-state index is 10.8. The molecule has 3 aliphatic rings. The summed E-state index contributed by atoms with van der Waals surface area (Å²) in [5.41, 5.74) is 0. The average molecular weight is 573 g/mol. The fourth-order valence-corrected chi connectivity index (χ4v) is 1.73. The maximum atomic E-state index is 10.8. The first-order valence-electron chi connectivity index (χ1n) is 29.4. The van der Waals surface area contributed by atoms with E-state index in [0.29, 0.717) is 0 Å². The van der Waals surface area contributed by atoms with Crippen molar-refractivity contribution in [3.63, 3.8) is 0 Å². The molecule has 2 aromatic carbocycles. The predicted molar refractivity (Wildman–Crippen MR) is 148 cm³/mol. The number of para-hydroxylation sites is 4. The summed E-state index contributed by atoms with van der Waals surface area (Å²) in [7, 11) is -6.55. The molecule has 2 atom stereocenters. The fraction of sp³-hybridized carbons (Fsp3) is 0.571. The van der Waals surface area contributed by atoms with Crippen molar-refractivity contribution >= 4 is 0 Å². The zero-order valence-corrected chi connectivity index (χ0v) is 18.4. The molecule has 0 aliphatic carbocycles. The topological polar surface area (TPSA) is 109 Å². The lowest BCUT2D eigenvalue weighted by Gasteiger charge is -2.29. The van der Waals surface area contributed by atoms with Crippen LogP contribution in [-0.2, 0) is 4.74 Å². The first kappa shape index (κ1) is 6.99. The van der Waals surface area contributed by atoms with E-state index in [1.54, 1.807) is 10.6 Å². The molecule has 10 heteroatoms. The predicted octanol–water partition coefficient (Wildman–Crippen LogP) is 0.992. The maximum Gasteiger partial charge on any atom is 0.161 e. The van der Waals surface area contributed by atoms with E-state index in [-0.39, 0.29) is 0 Å². The summed E-state index contributed by atoms with van der Waals surface area (Å²) in [6.45, 7) is -40.5. The minimum absolute atomic E-state index is 0.837. The SMILES string of the molecule is [2H]C1([2H])NC([2H])([2H])C([2H])([2H])NC1([2H])[2H].[2H]c1c([2H])c([2H])c(OC([2H])([2H])C([2H])(O)C([2H])([2H])N2C([2H])([2H])C([2H])([2H])NC([2H])([2H])C2([2H])[2H])c(OC([2H])([2H])[2H])c1[2H].[2H]c1c([2H])c([2H])c(OC([2H])([2H])C2([2H])OC2([2H])[2H])c(OC([2H])([2H])[2H])c1[2H]. The summed E-state index contributed by atoms with van der Waals surface area (Å²) < 4.78 is 326. The molecular weight excluding hydrogens is 488 g/mol. The van der Waals surface area contributed by atoms with Crippen LogP contribution in [0.2, 0.25) is 0 Å². The van der Waals surface area contributed by atoms with Crippen LogP contribution in [0, 0.1) is 0 Å². The van der Waals surface area contributed by atoms with E-state index in [1.807, 2.05) is 0 Å². The van der Waals surface area contributed by atoms with Gasteiger partial charge in [-0.2, -0.15) is 0 Å².